The number of carbonyl (C=O) groups excluding carboxylic acids is 1. The maximum atomic E-state index is 12.3. The lowest BCUT2D eigenvalue weighted by atomic mass is 10.1. The lowest BCUT2D eigenvalue weighted by Crippen LogP contribution is -2.24. The van der Waals surface area contributed by atoms with E-state index in [1.54, 1.807) is 4.68 Å². The van der Waals surface area contributed by atoms with Gasteiger partial charge in [0, 0.05) is 25.4 Å². The Hall–Kier alpha value is -2.41. The summed E-state index contributed by atoms with van der Waals surface area (Å²) in [6, 6.07) is 7.49. The van der Waals surface area contributed by atoms with Gasteiger partial charge in [-0.2, -0.15) is 10.2 Å². The smallest absolute Gasteiger partial charge is 0.251 e. The number of amides is 1. The van der Waals surface area contributed by atoms with Crippen LogP contribution >= 0.6 is 15.9 Å². The van der Waals surface area contributed by atoms with Gasteiger partial charge in [0.2, 0.25) is 0 Å². The van der Waals surface area contributed by atoms with Crippen molar-refractivity contribution in [2.75, 3.05) is 6.54 Å². The average molecular weight is 416 g/mol. The molecule has 1 aromatic carbocycles. The van der Waals surface area contributed by atoms with E-state index < -0.39 is 0 Å². The molecule has 0 bridgehead atoms. The van der Waals surface area contributed by atoms with E-state index in [-0.39, 0.29) is 5.91 Å². The lowest BCUT2D eigenvalue weighted by Gasteiger charge is -2.07. The predicted octanol–water partition coefficient (Wildman–Crippen LogP) is 3.35. The van der Waals surface area contributed by atoms with Crippen LogP contribution in [-0.2, 0) is 13.5 Å². The molecule has 6 nitrogen and oxygen atoms in total. The van der Waals surface area contributed by atoms with Crippen molar-refractivity contribution >= 4 is 21.8 Å². The first-order valence-corrected chi connectivity index (χ1v) is 9.33. The Morgan fingerprint density at radius 2 is 1.96 bits per heavy atom. The minimum Gasteiger partial charge on any atom is -0.352 e. The van der Waals surface area contributed by atoms with Crippen LogP contribution in [0.15, 0.2) is 41.1 Å². The van der Waals surface area contributed by atoms with Crippen molar-refractivity contribution in [2.45, 2.75) is 26.7 Å². The van der Waals surface area contributed by atoms with E-state index in [0.717, 1.165) is 34.4 Å². The van der Waals surface area contributed by atoms with Gasteiger partial charge in [0.05, 0.1) is 27.7 Å². The normalized spacial score (nSPS) is 10.9. The topological polar surface area (TPSA) is 64.7 Å². The number of hydrogen-bond acceptors (Lipinski definition) is 3. The number of nitrogens with zero attached hydrogens (tertiary/aromatic N) is 4. The van der Waals surface area contributed by atoms with Crippen LogP contribution in [-0.4, -0.2) is 32.0 Å². The molecule has 1 amide bonds. The first-order valence-electron chi connectivity index (χ1n) is 8.53. The van der Waals surface area contributed by atoms with Crippen LogP contribution in [0.2, 0.25) is 0 Å². The highest BCUT2D eigenvalue weighted by atomic mass is 79.9. The van der Waals surface area contributed by atoms with Crippen molar-refractivity contribution in [1.29, 1.82) is 0 Å². The zero-order valence-electron chi connectivity index (χ0n) is 15.2. The second kappa shape index (κ2) is 7.86. The summed E-state index contributed by atoms with van der Waals surface area (Å²) in [4.78, 5) is 12.3. The number of hydrogen-bond donors (Lipinski definition) is 1. The standard InChI is InChI=1S/C19H22BrN5O/c1-13-18(20)14(2)25(23-13)17-8-6-16(7-9-17)19(26)21-10-4-5-15-11-22-24(3)12-15/h6-9,11-12H,4-5,10H2,1-3H3,(H,21,26). The van der Waals surface area contributed by atoms with Crippen LogP contribution in [0.5, 0.6) is 0 Å². The van der Waals surface area contributed by atoms with Crippen LogP contribution in [0.3, 0.4) is 0 Å². The summed E-state index contributed by atoms with van der Waals surface area (Å²) in [5.74, 6) is -0.0581. The van der Waals surface area contributed by atoms with Gasteiger partial charge in [0.15, 0.2) is 0 Å². The minimum atomic E-state index is -0.0581. The fraction of sp³-hybridized carbons (Fsp3) is 0.316. The second-order valence-corrected chi connectivity index (χ2v) is 7.12. The Labute approximate surface area is 161 Å². The summed E-state index contributed by atoms with van der Waals surface area (Å²) in [5, 5.41) is 11.6. The third kappa shape index (κ3) is 4.04. The van der Waals surface area contributed by atoms with Gasteiger partial charge < -0.3 is 5.32 Å². The fourth-order valence-electron chi connectivity index (χ4n) is 2.83. The molecule has 0 unspecified atom stereocenters. The first kappa shape index (κ1) is 18.4. The molecule has 0 radical (unpaired) electrons. The van der Waals surface area contributed by atoms with Gasteiger partial charge in [-0.05, 0) is 72.4 Å². The Morgan fingerprint density at radius 1 is 1.23 bits per heavy atom. The van der Waals surface area contributed by atoms with Crippen molar-refractivity contribution in [3.63, 3.8) is 0 Å². The highest BCUT2D eigenvalue weighted by Crippen LogP contribution is 2.23. The molecule has 0 saturated heterocycles. The summed E-state index contributed by atoms with van der Waals surface area (Å²) < 4.78 is 4.67. The Morgan fingerprint density at radius 3 is 2.54 bits per heavy atom. The highest BCUT2D eigenvalue weighted by Gasteiger charge is 2.11. The van der Waals surface area contributed by atoms with E-state index in [4.69, 9.17) is 0 Å². The molecular weight excluding hydrogens is 394 g/mol. The van der Waals surface area contributed by atoms with Crippen LogP contribution < -0.4 is 5.32 Å². The molecule has 0 aliphatic heterocycles. The Balaban J connectivity index is 1.56. The predicted molar refractivity (Wildman–Crippen MR) is 105 cm³/mol. The molecule has 3 rings (SSSR count). The minimum absolute atomic E-state index is 0.0581. The monoisotopic (exact) mass is 415 g/mol. The summed E-state index contributed by atoms with van der Waals surface area (Å²) >= 11 is 3.54. The third-order valence-electron chi connectivity index (χ3n) is 4.26. The van der Waals surface area contributed by atoms with Crippen LogP contribution in [0.1, 0.15) is 33.7 Å². The Bertz CT molecular complexity index is 911. The van der Waals surface area contributed by atoms with Gasteiger partial charge >= 0.3 is 0 Å². The average Bonchev–Trinajstić information content (AvgIpc) is 3.17. The summed E-state index contributed by atoms with van der Waals surface area (Å²) in [6.07, 6.45) is 5.64. The SMILES string of the molecule is Cc1nn(-c2ccc(C(=O)NCCCc3cnn(C)c3)cc2)c(C)c1Br. The van der Waals surface area contributed by atoms with Gasteiger partial charge in [-0.25, -0.2) is 4.68 Å². The van der Waals surface area contributed by atoms with E-state index in [1.807, 2.05) is 62.2 Å². The van der Waals surface area contributed by atoms with Crippen molar-refractivity contribution in [3.05, 3.63) is 63.6 Å². The van der Waals surface area contributed by atoms with Crippen molar-refractivity contribution in [1.82, 2.24) is 24.9 Å². The summed E-state index contributed by atoms with van der Waals surface area (Å²) in [6.45, 7) is 4.60. The molecular formula is C19H22BrN5O. The van der Waals surface area contributed by atoms with Gasteiger partial charge in [0.1, 0.15) is 0 Å². The van der Waals surface area contributed by atoms with Gasteiger partial charge in [-0.3, -0.25) is 9.48 Å². The largest absolute Gasteiger partial charge is 0.352 e. The molecule has 0 fully saturated rings. The van der Waals surface area contributed by atoms with Gasteiger partial charge in [-0.1, -0.05) is 0 Å². The number of nitrogens with one attached hydrogen (secondary N) is 1. The van der Waals surface area contributed by atoms with Crippen LogP contribution in [0, 0.1) is 13.8 Å². The van der Waals surface area contributed by atoms with Crippen molar-refractivity contribution in [3.8, 4) is 5.69 Å². The molecule has 2 heterocycles. The van der Waals surface area contributed by atoms with Crippen LogP contribution in [0.25, 0.3) is 5.69 Å². The number of rotatable bonds is 6. The lowest BCUT2D eigenvalue weighted by molar-refractivity contribution is 0.0953. The molecule has 7 heteroatoms. The molecule has 0 atom stereocenters. The molecule has 3 aromatic rings. The summed E-state index contributed by atoms with van der Waals surface area (Å²) in [7, 11) is 1.90. The number of carbonyl (C=O) groups is 1. The molecule has 0 spiro atoms. The molecule has 2 aromatic heterocycles. The molecule has 26 heavy (non-hydrogen) atoms. The molecule has 0 saturated carbocycles. The summed E-state index contributed by atoms with van der Waals surface area (Å²) in [5.41, 5.74) is 4.75. The van der Waals surface area contributed by atoms with Gasteiger partial charge in [-0.15, -0.1) is 0 Å². The van der Waals surface area contributed by atoms with E-state index in [1.165, 1.54) is 5.56 Å². The Kier molecular flexibility index (Phi) is 5.56. The van der Waals surface area contributed by atoms with E-state index >= 15 is 0 Å². The second-order valence-electron chi connectivity index (χ2n) is 6.33. The molecule has 0 aliphatic carbocycles. The van der Waals surface area contributed by atoms with Crippen molar-refractivity contribution in [2.24, 2.45) is 7.05 Å². The van der Waals surface area contributed by atoms with Crippen molar-refractivity contribution < 1.29 is 4.79 Å². The zero-order valence-corrected chi connectivity index (χ0v) is 16.7. The number of halogens is 1. The number of aryl methyl sites for hydroxylation is 3. The van der Waals surface area contributed by atoms with Crippen LogP contribution in [0.4, 0.5) is 0 Å². The third-order valence-corrected chi connectivity index (χ3v) is 5.41. The van der Waals surface area contributed by atoms with E-state index in [0.29, 0.717) is 12.1 Å². The molecule has 0 aliphatic rings. The zero-order chi connectivity index (χ0) is 18.7. The van der Waals surface area contributed by atoms with Gasteiger partial charge in [0.25, 0.3) is 5.91 Å². The fourth-order valence-corrected chi connectivity index (χ4v) is 3.07. The quantitative estimate of drug-likeness (QED) is 0.627. The molecule has 1 N–H and O–H groups in total. The first-order chi connectivity index (χ1) is 12.5. The van der Waals surface area contributed by atoms with E-state index in [2.05, 4.69) is 31.4 Å². The number of benzene rings is 1. The number of aromatic nitrogens is 4. The van der Waals surface area contributed by atoms with E-state index in [9.17, 15) is 4.79 Å². The molecule has 136 valence electrons. The maximum Gasteiger partial charge on any atom is 0.251 e. The highest BCUT2D eigenvalue weighted by molar-refractivity contribution is 9.10. The maximum absolute atomic E-state index is 12.3.